The first-order valence-electron chi connectivity index (χ1n) is 6.56. The van der Waals surface area contributed by atoms with E-state index in [2.05, 4.69) is 0 Å². The van der Waals surface area contributed by atoms with Crippen LogP contribution in [-0.4, -0.2) is 11.6 Å². The molecule has 0 heterocycles. The molecule has 0 atom stereocenters. The predicted molar refractivity (Wildman–Crippen MR) is 76.4 cm³/mol. The van der Waals surface area contributed by atoms with E-state index in [0.717, 1.165) is 5.57 Å². The standard InChI is InChI=1S/C14H20O2.C2H6/c1-13(2,3)9-7-10(14(4,5)6)12(16)11(15)8-9;1-2/h7-8H,1-6H3;1-2H3. The van der Waals surface area contributed by atoms with E-state index in [4.69, 9.17) is 0 Å². The van der Waals surface area contributed by atoms with Gasteiger partial charge in [-0.3, -0.25) is 9.59 Å². The quantitative estimate of drug-likeness (QED) is 0.479. The molecule has 0 amide bonds. The molecule has 2 nitrogen and oxygen atoms in total. The Morgan fingerprint density at radius 1 is 0.778 bits per heavy atom. The Morgan fingerprint density at radius 2 is 1.22 bits per heavy atom. The summed E-state index contributed by atoms with van der Waals surface area (Å²) >= 11 is 0. The van der Waals surface area contributed by atoms with E-state index in [1.165, 1.54) is 6.08 Å². The van der Waals surface area contributed by atoms with Crippen LogP contribution >= 0.6 is 0 Å². The summed E-state index contributed by atoms with van der Waals surface area (Å²) in [5.74, 6) is -0.752. The minimum atomic E-state index is -0.391. The number of Topliss-reactive ketones (excluding diaryl/α,β-unsaturated/α-hetero) is 1. The molecule has 0 aromatic carbocycles. The Morgan fingerprint density at radius 3 is 1.56 bits per heavy atom. The summed E-state index contributed by atoms with van der Waals surface area (Å²) in [7, 11) is 0. The summed E-state index contributed by atoms with van der Waals surface area (Å²) in [5.41, 5.74) is 1.16. The van der Waals surface area contributed by atoms with Gasteiger partial charge in [0, 0.05) is 5.57 Å². The third kappa shape index (κ3) is 3.94. The monoisotopic (exact) mass is 250 g/mol. The lowest BCUT2D eigenvalue weighted by Crippen LogP contribution is -2.28. The van der Waals surface area contributed by atoms with Crippen LogP contribution in [0, 0.1) is 10.8 Å². The van der Waals surface area contributed by atoms with Crippen LogP contribution in [0.4, 0.5) is 0 Å². The molecule has 0 unspecified atom stereocenters. The Hall–Kier alpha value is -1.18. The number of carbonyl (C=O) groups is 2. The summed E-state index contributed by atoms with van der Waals surface area (Å²) in [6, 6.07) is 0. The molecule has 18 heavy (non-hydrogen) atoms. The van der Waals surface area contributed by atoms with E-state index in [-0.39, 0.29) is 16.6 Å². The summed E-state index contributed by atoms with van der Waals surface area (Å²) in [5, 5.41) is 0. The first kappa shape index (κ1) is 16.8. The van der Waals surface area contributed by atoms with Crippen LogP contribution in [0.1, 0.15) is 55.4 Å². The van der Waals surface area contributed by atoms with Gasteiger partial charge < -0.3 is 0 Å². The van der Waals surface area contributed by atoms with E-state index in [1.54, 1.807) is 0 Å². The van der Waals surface area contributed by atoms with Crippen molar-refractivity contribution >= 4 is 11.6 Å². The molecule has 0 saturated heterocycles. The van der Waals surface area contributed by atoms with Crippen LogP contribution in [0.15, 0.2) is 23.3 Å². The van der Waals surface area contributed by atoms with Crippen molar-refractivity contribution in [2.45, 2.75) is 55.4 Å². The van der Waals surface area contributed by atoms with Gasteiger partial charge in [0.2, 0.25) is 11.6 Å². The van der Waals surface area contributed by atoms with Gasteiger partial charge >= 0.3 is 0 Å². The lowest BCUT2D eigenvalue weighted by molar-refractivity contribution is -0.132. The molecule has 102 valence electrons. The van der Waals surface area contributed by atoms with Gasteiger partial charge in [-0.05, 0) is 22.5 Å². The van der Waals surface area contributed by atoms with E-state index in [0.29, 0.717) is 5.57 Å². The fourth-order valence-electron chi connectivity index (χ4n) is 1.59. The zero-order valence-electron chi connectivity index (χ0n) is 13.0. The van der Waals surface area contributed by atoms with Crippen molar-refractivity contribution in [3.63, 3.8) is 0 Å². The average molecular weight is 250 g/mol. The van der Waals surface area contributed by atoms with E-state index >= 15 is 0 Å². The number of rotatable bonds is 0. The number of hydrogen-bond acceptors (Lipinski definition) is 2. The Kier molecular flexibility index (Phi) is 5.27. The molecule has 0 fully saturated rings. The molecule has 1 aliphatic carbocycles. The largest absolute Gasteiger partial charge is 0.286 e. The number of hydrogen-bond donors (Lipinski definition) is 0. The van der Waals surface area contributed by atoms with Gasteiger partial charge in [0.05, 0.1) is 0 Å². The number of carbonyl (C=O) groups excluding carboxylic acids is 2. The van der Waals surface area contributed by atoms with Crippen LogP contribution in [0.5, 0.6) is 0 Å². The third-order valence-corrected chi connectivity index (χ3v) is 2.73. The van der Waals surface area contributed by atoms with E-state index in [1.807, 2.05) is 61.5 Å². The fourth-order valence-corrected chi connectivity index (χ4v) is 1.59. The Bertz CT molecular complexity index is 396. The molecule has 0 radical (unpaired) electrons. The number of allylic oxidation sites excluding steroid dienone is 4. The van der Waals surface area contributed by atoms with Gasteiger partial charge in [-0.15, -0.1) is 0 Å². The first-order chi connectivity index (χ1) is 8.03. The second-order valence-corrected chi connectivity index (χ2v) is 6.35. The van der Waals surface area contributed by atoms with Gasteiger partial charge in [-0.1, -0.05) is 61.5 Å². The highest BCUT2D eigenvalue weighted by atomic mass is 16.2. The second-order valence-electron chi connectivity index (χ2n) is 6.35. The summed E-state index contributed by atoms with van der Waals surface area (Å²) in [6.45, 7) is 16.0. The van der Waals surface area contributed by atoms with Gasteiger partial charge in [0.25, 0.3) is 0 Å². The lowest BCUT2D eigenvalue weighted by atomic mass is 9.74. The highest BCUT2D eigenvalue weighted by Crippen LogP contribution is 2.35. The highest BCUT2D eigenvalue weighted by molar-refractivity contribution is 6.48. The molecule has 0 N–H and O–H groups in total. The summed E-state index contributed by atoms with van der Waals surface area (Å²) in [6.07, 6.45) is 3.35. The summed E-state index contributed by atoms with van der Waals surface area (Å²) in [4.78, 5) is 23.4. The Balaban J connectivity index is 0.00000137. The molecular weight excluding hydrogens is 224 g/mol. The van der Waals surface area contributed by atoms with Crippen LogP contribution in [0.2, 0.25) is 0 Å². The smallest absolute Gasteiger partial charge is 0.229 e. The molecule has 1 aliphatic rings. The van der Waals surface area contributed by atoms with Crippen molar-refractivity contribution in [2.24, 2.45) is 10.8 Å². The zero-order chi connectivity index (χ0) is 14.7. The zero-order valence-corrected chi connectivity index (χ0v) is 13.0. The molecule has 0 aromatic rings. The van der Waals surface area contributed by atoms with Crippen molar-refractivity contribution in [3.8, 4) is 0 Å². The average Bonchev–Trinajstić information content (AvgIpc) is 2.21. The fraction of sp³-hybridized carbons (Fsp3) is 0.625. The summed E-state index contributed by atoms with van der Waals surface area (Å²) < 4.78 is 0. The molecular formula is C16H26O2. The van der Waals surface area contributed by atoms with Gasteiger partial charge in [0.1, 0.15) is 0 Å². The highest BCUT2D eigenvalue weighted by Gasteiger charge is 2.33. The first-order valence-corrected chi connectivity index (χ1v) is 6.56. The minimum absolute atomic E-state index is 0.104. The van der Waals surface area contributed by atoms with Crippen molar-refractivity contribution in [2.75, 3.05) is 0 Å². The number of ketones is 2. The van der Waals surface area contributed by atoms with E-state index < -0.39 is 5.78 Å². The van der Waals surface area contributed by atoms with Crippen LogP contribution < -0.4 is 0 Å². The normalized spacial score (nSPS) is 16.7. The molecule has 0 saturated carbocycles. The topological polar surface area (TPSA) is 34.1 Å². The SMILES string of the molecule is CC.CC(C)(C)C1=CC(=O)C(=O)C(C(C)(C)C)=C1. The Labute approximate surface area is 111 Å². The van der Waals surface area contributed by atoms with Crippen molar-refractivity contribution < 1.29 is 9.59 Å². The molecule has 0 aromatic heterocycles. The molecule has 1 rings (SSSR count). The van der Waals surface area contributed by atoms with Gasteiger partial charge in [-0.2, -0.15) is 0 Å². The van der Waals surface area contributed by atoms with Gasteiger partial charge in [0.15, 0.2) is 0 Å². The van der Waals surface area contributed by atoms with Crippen molar-refractivity contribution in [1.29, 1.82) is 0 Å². The maximum atomic E-state index is 11.8. The second kappa shape index (κ2) is 5.64. The molecule has 2 heteroatoms. The van der Waals surface area contributed by atoms with Crippen LogP contribution in [-0.2, 0) is 9.59 Å². The maximum Gasteiger partial charge on any atom is 0.229 e. The predicted octanol–water partition coefficient (Wildman–Crippen LogP) is 4.11. The maximum absolute atomic E-state index is 11.8. The van der Waals surface area contributed by atoms with Crippen molar-refractivity contribution in [1.82, 2.24) is 0 Å². The lowest BCUT2D eigenvalue weighted by Gasteiger charge is -2.28. The van der Waals surface area contributed by atoms with Crippen LogP contribution in [0.3, 0.4) is 0 Å². The third-order valence-electron chi connectivity index (χ3n) is 2.73. The molecule has 0 bridgehead atoms. The van der Waals surface area contributed by atoms with Crippen LogP contribution in [0.25, 0.3) is 0 Å². The molecule has 0 aliphatic heterocycles. The molecule has 0 spiro atoms. The van der Waals surface area contributed by atoms with Gasteiger partial charge in [-0.25, -0.2) is 0 Å². The van der Waals surface area contributed by atoms with E-state index in [9.17, 15) is 9.59 Å². The van der Waals surface area contributed by atoms with Crippen molar-refractivity contribution in [3.05, 3.63) is 23.3 Å². The minimum Gasteiger partial charge on any atom is -0.286 e.